The van der Waals surface area contributed by atoms with Gasteiger partial charge in [0, 0.05) is 6.54 Å². The first kappa shape index (κ1) is 17.4. The summed E-state index contributed by atoms with van der Waals surface area (Å²) in [7, 11) is -3.61. The van der Waals surface area contributed by atoms with Gasteiger partial charge in [0.1, 0.15) is 5.82 Å². The van der Waals surface area contributed by atoms with E-state index in [0.717, 1.165) is 23.1 Å². The van der Waals surface area contributed by atoms with E-state index < -0.39 is 39.1 Å². The van der Waals surface area contributed by atoms with Gasteiger partial charge in [-0.3, -0.25) is 4.79 Å². The molecule has 0 bridgehead atoms. The molecule has 1 N–H and O–H groups in total. The quantitative estimate of drug-likeness (QED) is 0.800. The Labute approximate surface area is 132 Å². The SMILES string of the molecule is CCS(=O)(=O)c1ccc(F)c(C(=O)N2CCOC[C@@H]2C(=O)O)c1. The molecular weight excluding hydrogens is 329 g/mol. The van der Waals surface area contributed by atoms with Crippen molar-refractivity contribution in [3.05, 3.63) is 29.6 Å². The summed E-state index contributed by atoms with van der Waals surface area (Å²) in [6.07, 6.45) is 0. The van der Waals surface area contributed by atoms with E-state index in [2.05, 4.69) is 0 Å². The molecule has 1 aromatic rings. The zero-order chi connectivity index (χ0) is 17.2. The molecule has 9 heteroatoms. The number of hydrogen-bond donors (Lipinski definition) is 1. The molecule has 23 heavy (non-hydrogen) atoms. The van der Waals surface area contributed by atoms with Crippen LogP contribution in [0.2, 0.25) is 0 Å². The van der Waals surface area contributed by atoms with Crippen LogP contribution in [0.15, 0.2) is 23.1 Å². The number of carboxylic acid groups (broad SMARTS) is 1. The molecule has 0 spiro atoms. The molecule has 0 unspecified atom stereocenters. The fraction of sp³-hybridized carbons (Fsp3) is 0.429. The molecule has 1 heterocycles. The Hall–Kier alpha value is -2.00. The Morgan fingerprint density at radius 2 is 2.13 bits per heavy atom. The average Bonchev–Trinajstić information content (AvgIpc) is 2.54. The highest BCUT2D eigenvalue weighted by Crippen LogP contribution is 2.20. The van der Waals surface area contributed by atoms with Crippen LogP contribution in [0, 0.1) is 5.82 Å². The van der Waals surface area contributed by atoms with Crippen molar-refractivity contribution < 1.29 is 32.2 Å². The van der Waals surface area contributed by atoms with Crippen LogP contribution in [0.1, 0.15) is 17.3 Å². The second-order valence-corrected chi connectivity index (χ2v) is 7.25. The Morgan fingerprint density at radius 1 is 1.43 bits per heavy atom. The van der Waals surface area contributed by atoms with Gasteiger partial charge in [-0.2, -0.15) is 0 Å². The highest BCUT2D eigenvalue weighted by molar-refractivity contribution is 7.91. The van der Waals surface area contributed by atoms with Gasteiger partial charge in [0.15, 0.2) is 15.9 Å². The summed E-state index contributed by atoms with van der Waals surface area (Å²) < 4.78 is 42.7. The lowest BCUT2D eigenvalue weighted by molar-refractivity contribution is -0.147. The van der Waals surface area contributed by atoms with Crippen LogP contribution in [-0.4, -0.2) is 61.9 Å². The normalized spacial score (nSPS) is 18.7. The summed E-state index contributed by atoms with van der Waals surface area (Å²) in [5, 5.41) is 9.13. The molecule has 1 fully saturated rings. The minimum absolute atomic E-state index is 0.0139. The predicted molar refractivity (Wildman–Crippen MR) is 77.4 cm³/mol. The van der Waals surface area contributed by atoms with Gasteiger partial charge >= 0.3 is 5.97 Å². The second kappa shape index (κ2) is 6.63. The molecule has 2 rings (SSSR count). The van der Waals surface area contributed by atoms with Gasteiger partial charge in [0.25, 0.3) is 5.91 Å². The van der Waals surface area contributed by atoms with Crippen LogP contribution >= 0.6 is 0 Å². The molecule has 1 aromatic carbocycles. The van der Waals surface area contributed by atoms with Crippen LogP contribution in [0.4, 0.5) is 4.39 Å². The Bertz CT molecular complexity index is 733. The van der Waals surface area contributed by atoms with Gasteiger partial charge in [-0.05, 0) is 18.2 Å². The minimum atomic E-state index is -3.61. The number of halogens is 1. The number of ether oxygens (including phenoxy) is 1. The number of amides is 1. The molecule has 1 aliphatic heterocycles. The summed E-state index contributed by atoms with van der Waals surface area (Å²) in [6.45, 7) is 1.35. The molecule has 1 aliphatic rings. The molecular formula is C14H16FNO6S. The number of carbonyl (C=O) groups excluding carboxylic acids is 1. The first-order chi connectivity index (χ1) is 10.8. The van der Waals surface area contributed by atoms with Crippen molar-refractivity contribution in [2.24, 2.45) is 0 Å². The molecule has 0 radical (unpaired) electrons. The van der Waals surface area contributed by atoms with Crippen molar-refractivity contribution in [3.63, 3.8) is 0 Å². The maximum atomic E-state index is 14.0. The maximum Gasteiger partial charge on any atom is 0.328 e. The van der Waals surface area contributed by atoms with E-state index in [1.54, 1.807) is 0 Å². The lowest BCUT2D eigenvalue weighted by atomic mass is 10.1. The van der Waals surface area contributed by atoms with Crippen molar-refractivity contribution in [1.82, 2.24) is 4.90 Å². The Balaban J connectivity index is 2.42. The van der Waals surface area contributed by atoms with Gasteiger partial charge in [0.05, 0.1) is 29.4 Å². The van der Waals surface area contributed by atoms with E-state index in [4.69, 9.17) is 9.84 Å². The standard InChI is InChI=1S/C14H16FNO6S/c1-2-23(20,21)9-3-4-11(15)10(7-9)13(17)16-5-6-22-8-12(16)14(18)19/h3-4,7,12H,2,5-6,8H2,1H3,(H,18,19)/t12-/m1/s1. The van der Waals surface area contributed by atoms with Crippen molar-refractivity contribution in [2.75, 3.05) is 25.5 Å². The number of aliphatic carboxylic acids is 1. The largest absolute Gasteiger partial charge is 0.480 e. The van der Waals surface area contributed by atoms with E-state index in [9.17, 15) is 22.4 Å². The van der Waals surface area contributed by atoms with Crippen molar-refractivity contribution in [3.8, 4) is 0 Å². The number of carboxylic acids is 1. The van der Waals surface area contributed by atoms with Gasteiger partial charge in [-0.25, -0.2) is 17.6 Å². The lowest BCUT2D eigenvalue weighted by Gasteiger charge is -2.33. The summed E-state index contributed by atoms with van der Waals surface area (Å²) in [5.41, 5.74) is -0.465. The van der Waals surface area contributed by atoms with Gasteiger partial charge in [0.2, 0.25) is 0 Å². The fourth-order valence-electron chi connectivity index (χ4n) is 2.23. The molecule has 1 atom stereocenters. The number of carbonyl (C=O) groups is 2. The third-order valence-corrected chi connectivity index (χ3v) is 5.31. The van der Waals surface area contributed by atoms with Crippen molar-refractivity contribution in [1.29, 1.82) is 0 Å². The zero-order valence-corrected chi connectivity index (χ0v) is 13.2. The Kier molecular flexibility index (Phi) is 5.00. The summed E-state index contributed by atoms with van der Waals surface area (Å²) in [6, 6.07) is 1.69. The second-order valence-electron chi connectivity index (χ2n) is 4.97. The number of benzene rings is 1. The van der Waals surface area contributed by atoms with Crippen LogP contribution in [-0.2, 0) is 19.4 Å². The first-order valence-corrected chi connectivity index (χ1v) is 8.57. The van der Waals surface area contributed by atoms with E-state index in [-0.39, 0.29) is 30.4 Å². The predicted octanol–water partition coefficient (Wildman–Crippen LogP) is 0.545. The molecule has 0 aromatic heterocycles. The van der Waals surface area contributed by atoms with E-state index >= 15 is 0 Å². The van der Waals surface area contributed by atoms with Crippen molar-refractivity contribution >= 4 is 21.7 Å². The van der Waals surface area contributed by atoms with E-state index in [1.807, 2.05) is 0 Å². The summed E-state index contributed by atoms with van der Waals surface area (Å²) in [5.74, 6) is -3.23. The maximum absolute atomic E-state index is 14.0. The van der Waals surface area contributed by atoms with Crippen molar-refractivity contribution in [2.45, 2.75) is 17.9 Å². The Morgan fingerprint density at radius 3 is 2.74 bits per heavy atom. The van der Waals surface area contributed by atoms with Gasteiger partial charge in [-0.1, -0.05) is 6.92 Å². The molecule has 1 saturated heterocycles. The minimum Gasteiger partial charge on any atom is -0.480 e. The zero-order valence-electron chi connectivity index (χ0n) is 12.4. The topological polar surface area (TPSA) is 101 Å². The average molecular weight is 345 g/mol. The van der Waals surface area contributed by atoms with Crippen LogP contribution in [0.25, 0.3) is 0 Å². The van der Waals surface area contributed by atoms with Gasteiger partial charge < -0.3 is 14.7 Å². The third kappa shape index (κ3) is 3.50. The van der Waals surface area contributed by atoms with Crippen LogP contribution in [0.3, 0.4) is 0 Å². The monoisotopic (exact) mass is 345 g/mol. The first-order valence-electron chi connectivity index (χ1n) is 6.91. The highest BCUT2D eigenvalue weighted by atomic mass is 32.2. The number of hydrogen-bond acceptors (Lipinski definition) is 5. The number of nitrogens with zero attached hydrogens (tertiary/aromatic N) is 1. The van der Waals surface area contributed by atoms with Gasteiger partial charge in [-0.15, -0.1) is 0 Å². The van der Waals surface area contributed by atoms with E-state index in [1.165, 1.54) is 6.92 Å². The smallest absolute Gasteiger partial charge is 0.328 e. The molecule has 1 amide bonds. The van der Waals surface area contributed by atoms with Crippen LogP contribution < -0.4 is 0 Å². The third-order valence-electron chi connectivity index (χ3n) is 3.58. The lowest BCUT2D eigenvalue weighted by Crippen LogP contribution is -2.52. The molecule has 0 saturated carbocycles. The molecule has 126 valence electrons. The number of sulfone groups is 1. The molecule has 0 aliphatic carbocycles. The van der Waals surface area contributed by atoms with E-state index in [0.29, 0.717) is 0 Å². The number of morpholine rings is 1. The molecule has 7 nitrogen and oxygen atoms in total. The summed E-state index contributed by atoms with van der Waals surface area (Å²) in [4.78, 5) is 24.5. The summed E-state index contributed by atoms with van der Waals surface area (Å²) >= 11 is 0. The number of rotatable bonds is 4. The highest BCUT2D eigenvalue weighted by Gasteiger charge is 2.34. The fourth-order valence-corrected chi connectivity index (χ4v) is 3.14. The van der Waals surface area contributed by atoms with Crippen LogP contribution in [0.5, 0.6) is 0 Å².